The molecule has 21 heavy (non-hydrogen) atoms. The summed E-state index contributed by atoms with van der Waals surface area (Å²) in [7, 11) is 0. The summed E-state index contributed by atoms with van der Waals surface area (Å²) in [5, 5.41) is 13.7. The van der Waals surface area contributed by atoms with E-state index in [0.29, 0.717) is 6.54 Å². The summed E-state index contributed by atoms with van der Waals surface area (Å²) in [5.74, 6) is 3.04. The van der Waals surface area contributed by atoms with Crippen LogP contribution in [0.25, 0.3) is 0 Å². The van der Waals surface area contributed by atoms with Gasteiger partial charge in [0.25, 0.3) is 0 Å². The highest BCUT2D eigenvalue weighted by molar-refractivity contribution is 5.45. The molecule has 0 aromatic heterocycles. The minimum atomic E-state index is -0.501. The summed E-state index contributed by atoms with van der Waals surface area (Å²) in [6.07, 6.45) is 4.88. The van der Waals surface area contributed by atoms with Crippen LogP contribution in [0.15, 0.2) is 18.2 Å². The van der Waals surface area contributed by atoms with E-state index >= 15 is 0 Å². The van der Waals surface area contributed by atoms with Gasteiger partial charge in [-0.2, -0.15) is 0 Å². The van der Waals surface area contributed by atoms with Gasteiger partial charge >= 0.3 is 0 Å². The molecule has 3 rings (SSSR count). The first-order valence-electron chi connectivity index (χ1n) is 8.02. The quantitative estimate of drug-likeness (QED) is 0.876. The molecule has 0 saturated heterocycles. The number of hydrogen-bond donors (Lipinski definition) is 2. The molecule has 0 radical (unpaired) electrons. The number of aliphatic hydroxyl groups excluding tert-OH is 1. The lowest BCUT2D eigenvalue weighted by Crippen LogP contribution is -2.31. The molecule has 1 aliphatic heterocycles. The topological polar surface area (TPSA) is 50.7 Å². The van der Waals surface area contributed by atoms with Crippen molar-refractivity contribution in [3.63, 3.8) is 0 Å². The monoisotopic (exact) mass is 291 g/mol. The van der Waals surface area contributed by atoms with Gasteiger partial charge in [0, 0.05) is 6.54 Å². The zero-order valence-electron chi connectivity index (χ0n) is 12.7. The maximum absolute atomic E-state index is 10.3. The number of rotatable bonds is 5. The molecule has 116 valence electrons. The van der Waals surface area contributed by atoms with Gasteiger partial charge in [-0.1, -0.05) is 32.3 Å². The van der Waals surface area contributed by atoms with Crippen molar-refractivity contribution >= 4 is 0 Å². The van der Waals surface area contributed by atoms with Crippen LogP contribution in [0.2, 0.25) is 0 Å². The largest absolute Gasteiger partial charge is 0.454 e. The first-order valence-corrected chi connectivity index (χ1v) is 8.02. The molecule has 0 spiro atoms. The van der Waals surface area contributed by atoms with Gasteiger partial charge in [-0.05, 0) is 42.5 Å². The Kier molecular flexibility index (Phi) is 4.66. The summed E-state index contributed by atoms with van der Waals surface area (Å²) in [4.78, 5) is 0. The van der Waals surface area contributed by atoms with Crippen molar-refractivity contribution in [3.8, 4) is 11.5 Å². The summed E-state index contributed by atoms with van der Waals surface area (Å²) < 4.78 is 10.6. The predicted molar refractivity (Wildman–Crippen MR) is 81.5 cm³/mol. The number of ether oxygens (including phenoxy) is 2. The highest BCUT2D eigenvalue weighted by Crippen LogP contribution is 2.34. The molecular formula is C17H25NO3. The molecule has 4 heteroatoms. The third-order valence-corrected chi connectivity index (χ3v) is 4.81. The molecule has 1 saturated carbocycles. The Balaban J connectivity index is 1.48. The van der Waals surface area contributed by atoms with E-state index in [1.54, 1.807) is 0 Å². The Bertz CT molecular complexity index is 477. The van der Waals surface area contributed by atoms with E-state index in [0.717, 1.165) is 35.4 Å². The van der Waals surface area contributed by atoms with E-state index in [1.165, 1.54) is 25.7 Å². The van der Waals surface area contributed by atoms with Crippen LogP contribution in [0, 0.1) is 11.8 Å². The summed E-state index contributed by atoms with van der Waals surface area (Å²) >= 11 is 0. The molecule has 1 heterocycles. The maximum Gasteiger partial charge on any atom is 0.231 e. The Morgan fingerprint density at radius 2 is 2.05 bits per heavy atom. The van der Waals surface area contributed by atoms with E-state index < -0.39 is 6.10 Å². The normalized spacial score (nSPS) is 25.8. The first kappa shape index (κ1) is 14.7. The van der Waals surface area contributed by atoms with E-state index in [2.05, 4.69) is 12.2 Å². The number of fused-ring (bicyclic) bond motifs is 1. The summed E-state index contributed by atoms with van der Waals surface area (Å²) in [6.45, 7) is 4.21. The van der Waals surface area contributed by atoms with Crippen molar-refractivity contribution in [2.75, 3.05) is 19.9 Å². The minimum Gasteiger partial charge on any atom is -0.454 e. The molecule has 1 fully saturated rings. The fourth-order valence-electron chi connectivity index (χ4n) is 3.34. The second-order valence-corrected chi connectivity index (χ2v) is 6.31. The lowest BCUT2D eigenvalue weighted by atomic mass is 9.80. The van der Waals surface area contributed by atoms with Crippen molar-refractivity contribution in [2.24, 2.45) is 11.8 Å². The average molecular weight is 291 g/mol. The minimum absolute atomic E-state index is 0.271. The summed E-state index contributed by atoms with van der Waals surface area (Å²) in [6, 6.07) is 5.64. The van der Waals surface area contributed by atoms with Crippen LogP contribution in [-0.4, -0.2) is 25.0 Å². The summed E-state index contributed by atoms with van der Waals surface area (Å²) in [5.41, 5.74) is 0.878. The van der Waals surface area contributed by atoms with E-state index in [-0.39, 0.29) is 6.79 Å². The Labute approximate surface area is 126 Å². The highest BCUT2D eigenvalue weighted by Gasteiger charge is 2.21. The Hall–Kier alpha value is -1.26. The molecule has 0 bridgehead atoms. The fourth-order valence-corrected chi connectivity index (χ4v) is 3.34. The molecule has 2 N–H and O–H groups in total. The van der Waals surface area contributed by atoms with Gasteiger partial charge in [0.1, 0.15) is 0 Å². The second kappa shape index (κ2) is 6.67. The lowest BCUT2D eigenvalue weighted by Gasteiger charge is -2.29. The van der Waals surface area contributed by atoms with Gasteiger partial charge in [0.2, 0.25) is 6.79 Å². The molecule has 1 aromatic rings. The third-order valence-electron chi connectivity index (χ3n) is 4.81. The van der Waals surface area contributed by atoms with Crippen LogP contribution in [0.4, 0.5) is 0 Å². The van der Waals surface area contributed by atoms with Gasteiger partial charge in [-0.25, -0.2) is 0 Å². The molecule has 3 atom stereocenters. The number of hydrogen-bond acceptors (Lipinski definition) is 4. The van der Waals surface area contributed by atoms with Gasteiger partial charge in [0.05, 0.1) is 6.10 Å². The van der Waals surface area contributed by atoms with Crippen LogP contribution >= 0.6 is 0 Å². The van der Waals surface area contributed by atoms with Crippen LogP contribution < -0.4 is 14.8 Å². The SMILES string of the molecule is CC1CCCCC1CNCC(O)c1ccc2c(c1)OCO2. The van der Waals surface area contributed by atoms with Gasteiger partial charge < -0.3 is 19.9 Å². The number of aliphatic hydroxyl groups is 1. The van der Waals surface area contributed by atoms with Gasteiger partial charge in [-0.15, -0.1) is 0 Å². The Morgan fingerprint density at radius 3 is 2.90 bits per heavy atom. The predicted octanol–water partition coefficient (Wildman–Crippen LogP) is 2.86. The van der Waals surface area contributed by atoms with Crippen molar-refractivity contribution in [1.29, 1.82) is 0 Å². The number of nitrogens with one attached hydrogen (secondary N) is 1. The van der Waals surface area contributed by atoms with E-state index in [4.69, 9.17) is 9.47 Å². The zero-order chi connectivity index (χ0) is 14.7. The van der Waals surface area contributed by atoms with E-state index in [1.807, 2.05) is 18.2 Å². The van der Waals surface area contributed by atoms with Gasteiger partial charge in [-0.3, -0.25) is 0 Å². The molecule has 2 aliphatic rings. The molecule has 3 unspecified atom stereocenters. The van der Waals surface area contributed by atoms with Crippen LogP contribution in [0.5, 0.6) is 11.5 Å². The zero-order valence-corrected chi connectivity index (χ0v) is 12.7. The molecule has 1 aromatic carbocycles. The first-order chi connectivity index (χ1) is 10.2. The highest BCUT2D eigenvalue weighted by atomic mass is 16.7. The van der Waals surface area contributed by atoms with Crippen molar-refractivity contribution in [2.45, 2.75) is 38.7 Å². The van der Waals surface area contributed by atoms with Crippen molar-refractivity contribution in [1.82, 2.24) is 5.32 Å². The molecule has 4 nitrogen and oxygen atoms in total. The molecule has 1 aliphatic carbocycles. The van der Waals surface area contributed by atoms with Gasteiger partial charge in [0.15, 0.2) is 11.5 Å². The van der Waals surface area contributed by atoms with Crippen LogP contribution in [0.3, 0.4) is 0 Å². The smallest absolute Gasteiger partial charge is 0.231 e. The third kappa shape index (κ3) is 3.50. The van der Waals surface area contributed by atoms with Crippen molar-refractivity contribution < 1.29 is 14.6 Å². The van der Waals surface area contributed by atoms with Crippen LogP contribution in [-0.2, 0) is 0 Å². The molecule has 0 amide bonds. The second-order valence-electron chi connectivity index (χ2n) is 6.31. The number of benzene rings is 1. The van der Waals surface area contributed by atoms with Crippen molar-refractivity contribution in [3.05, 3.63) is 23.8 Å². The average Bonchev–Trinajstić information content (AvgIpc) is 2.96. The van der Waals surface area contributed by atoms with E-state index in [9.17, 15) is 5.11 Å². The van der Waals surface area contributed by atoms with Crippen LogP contribution in [0.1, 0.15) is 44.3 Å². The molecular weight excluding hydrogens is 266 g/mol. The fraction of sp³-hybridized carbons (Fsp3) is 0.647. The Morgan fingerprint density at radius 1 is 1.24 bits per heavy atom. The maximum atomic E-state index is 10.3. The lowest BCUT2D eigenvalue weighted by molar-refractivity contribution is 0.164. The standard InChI is InChI=1S/C17H25NO3/c1-12-4-2-3-5-14(12)9-18-10-15(19)13-6-7-16-17(8-13)21-11-20-16/h6-8,12,14-15,18-19H,2-5,9-11H2,1H3.